The Morgan fingerprint density at radius 3 is 2.68 bits per heavy atom. The summed E-state index contributed by atoms with van der Waals surface area (Å²) in [4.78, 5) is 15.8. The Bertz CT molecular complexity index is 263. The second-order valence-corrected chi connectivity index (χ2v) is 5.82. The summed E-state index contributed by atoms with van der Waals surface area (Å²) < 4.78 is 0. The van der Waals surface area contributed by atoms with Gasteiger partial charge in [-0.25, -0.2) is 4.79 Å². The number of nitrogens with one attached hydrogen (secondary N) is 1. The van der Waals surface area contributed by atoms with E-state index in [1.54, 1.807) is 18.9 Å². The molecule has 1 fully saturated rings. The molecule has 1 aliphatic rings. The van der Waals surface area contributed by atoms with E-state index in [0.717, 1.165) is 25.6 Å². The molecule has 1 saturated heterocycles. The molecule has 1 aliphatic heterocycles. The summed E-state index contributed by atoms with van der Waals surface area (Å²) in [5.74, 6) is 0.845. The zero-order valence-electron chi connectivity index (χ0n) is 12.6. The van der Waals surface area contributed by atoms with Crippen LogP contribution in [0.1, 0.15) is 33.1 Å². The number of hydrogen-bond acceptors (Lipinski definition) is 3. The highest BCUT2D eigenvalue weighted by Crippen LogP contribution is 2.15. The van der Waals surface area contributed by atoms with E-state index < -0.39 is 0 Å². The van der Waals surface area contributed by atoms with Crippen molar-refractivity contribution in [3.05, 3.63) is 0 Å². The molecule has 1 heterocycles. The fourth-order valence-corrected chi connectivity index (χ4v) is 2.22. The molecule has 0 aromatic heterocycles. The molecule has 1 unspecified atom stereocenters. The minimum absolute atomic E-state index is 0.0500. The van der Waals surface area contributed by atoms with Gasteiger partial charge in [-0.05, 0) is 45.2 Å². The lowest BCUT2D eigenvalue weighted by atomic mass is 9.99. The first-order chi connectivity index (χ1) is 8.99. The van der Waals surface area contributed by atoms with E-state index >= 15 is 0 Å². The van der Waals surface area contributed by atoms with Gasteiger partial charge >= 0.3 is 6.03 Å². The fourth-order valence-electron chi connectivity index (χ4n) is 2.22. The highest BCUT2D eigenvalue weighted by molar-refractivity contribution is 5.73. The van der Waals surface area contributed by atoms with Gasteiger partial charge < -0.3 is 20.2 Å². The van der Waals surface area contributed by atoms with Crippen molar-refractivity contribution < 1.29 is 9.90 Å². The van der Waals surface area contributed by atoms with Gasteiger partial charge in [0.25, 0.3) is 0 Å². The van der Waals surface area contributed by atoms with Gasteiger partial charge in [0, 0.05) is 26.7 Å². The van der Waals surface area contributed by atoms with E-state index in [4.69, 9.17) is 0 Å². The molecule has 0 radical (unpaired) electrons. The molecule has 19 heavy (non-hydrogen) atoms. The Hall–Kier alpha value is -0.810. The molecule has 0 bridgehead atoms. The van der Waals surface area contributed by atoms with Gasteiger partial charge in [-0.2, -0.15) is 0 Å². The third-order valence-corrected chi connectivity index (χ3v) is 3.81. The molecule has 112 valence electrons. The van der Waals surface area contributed by atoms with Gasteiger partial charge in [0.1, 0.15) is 0 Å². The fraction of sp³-hybridized carbons (Fsp3) is 0.929. The van der Waals surface area contributed by atoms with E-state index in [-0.39, 0.29) is 12.1 Å². The van der Waals surface area contributed by atoms with Crippen LogP contribution in [0, 0.1) is 5.92 Å². The quantitative estimate of drug-likeness (QED) is 0.761. The molecule has 5 nitrogen and oxygen atoms in total. The molecule has 0 spiro atoms. The Morgan fingerprint density at radius 2 is 2.11 bits per heavy atom. The van der Waals surface area contributed by atoms with Crippen LogP contribution in [0.15, 0.2) is 0 Å². The normalized spacial score (nSPS) is 19.2. The van der Waals surface area contributed by atoms with Crippen molar-refractivity contribution in [1.29, 1.82) is 0 Å². The Labute approximate surface area is 117 Å². The summed E-state index contributed by atoms with van der Waals surface area (Å²) in [5.41, 5.74) is 0. The van der Waals surface area contributed by atoms with Crippen LogP contribution >= 0.6 is 0 Å². The first-order valence-electron chi connectivity index (χ1n) is 7.38. The number of aliphatic hydroxyl groups excluding tert-OH is 1. The SMILES string of the molecule is CC(O)CCN(C)C(=O)NCCN1CCC(C)CC1. The molecule has 0 aromatic rings. The first kappa shape index (κ1) is 16.2. The molecule has 1 rings (SSSR count). The number of urea groups is 1. The summed E-state index contributed by atoms with van der Waals surface area (Å²) in [6.07, 6.45) is 2.80. The van der Waals surface area contributed by atoms with Gasteiger partial charge in [0.2, 0.25) is 0 Å². The molecule has 5 heteroatoms. The third kappa shape index (κ3) is 6.78. The van der Waals surface area contributed by atoms with E-state index in [0.29, 0.717) is 19.5 Å². The molecular formula is C14H29N3O2. The van der Waals surface area contributed by atoms with E-state index in [9.17, 15) is 9.90 Å². The van der Waals surface area contributed by atoms with Gasteiger partial charge in [0.05, 0.1) is 6.10 Å². The predicted octanol–water partition coefficient (Wildman–Crippen LogP) is 1.13. The standard InChI is InChI=1S/C14H29N3O2/c1-12-4-9-17(10-5-12)11-7-15-14(19)16(3)8-6-13(2)18/h12-13,18H,4-11H2,1-3H3,(H,15,19). The van der Waals surface area contributed by atoms with Crippen molar-refractivity contribution in [2.24, 2.45) is 5.92 Å². The smallest absolute Gasteiger partial charge is 0.317 e. The summed E-state index contributed by atoms with van der Waals surface area (Å²) >= 11 is 0. The van der Waals surface area contributed by atoms with Crippen molar-refractivity contribution in [1.82, 2.24) is 15.1 Å². The maximum absolute atomic E-state index is 11.8. The van der Waals surface area contributed by atoms with Crippen LogP contribution in [0.25, 0.3) is 0 Å². The minimum atomic E-state index is -0.356. The molecule has 2 N–H and O–H groups in total. The Morgan fingerprint density at radius 1 is 1.47 bits per heavy atom. The van der Waals surface area contributed by atoms with Crippen molar-refractivity contribution in [2.75, 3.05) is 39.8 Å². The summed E-state index contributed by atoms with van der Waals surface area (Å²) in [5, 5.41) is 12.1. The minimum Gasteiger partial charge on any atom is -0.393 e. The van der Waals surface area contributed by atoms with E-state index in [2.05, 4.69) is 17.1 Å². The number of likely N-dealkylation sites (tertiary alicyclic amines) is 1. The van der Waals surface area contributed by atoms with Crippen LogP contribution in [-0.2, 0) is 0 Å². The third-order valence-electron chi connectivity index (χ3n) is 3.81. The second-order valence-electron chi connectivity index (χ2n) is 5.82. The lowest BCUT2D eigenvalue weighted by Crippen LogP contribution is -2.43. The number of amides is 2. The van der Waals surface area contributed by atoms with Crippen LogP contribution in [0.2, 0.25) is 0 Å². The highest BCUT2D eigenvalue weighted by atomic mass is 16.3. The molecule has 0 aromatic carbocycles. The Kier molecular flexibility index (Phi) is 7.16. The number of rotatable bonds is 6. The number of carbonyl (C=O) groups is 1. The molecule has 0 aliphatic carbocycles. The molecule has 2 amide bonds. The van der Waals surface area contributed by atoms with E-state index in [1.807, 2.05) is 0 Å². The van der Waals surface area contributed by atoms with Crippen LogP contribution in [0.5, 0.6) is 0 Å². The zero-order chi connectivity index (χ0) is 14.3. The average molecular weight is 271 g/mol. The molecular weight excluding hydrogens is 242 g/mol. The van der Waals surface area contributed by atoms with Crippen LogP contribution in [0.3, 0.4) is 0 Å². The number of nitrogens with zero attached hydrogens (tertiary/aromatic N) is 2. The monoisotopic (exact) mass is 271 g/mol. The second kappa shape index (κ2) is 8.38. The number of hydrogen-bond donors (Lipinski definition) is 2. The zero-order valence-corrected chi connectivity index (χ0v) is 12.6. The van der Waals surface area contributed by atoms with Gasteiger partial charge in [-0.15, -0.1) is 0 Å². The summed E-state index contributed by atoms with van der Waals surface area (Å²) in [6.45, 7) is 8.56. The van der Waals surface area contributed by atoms with Crippen LogP contribution in [0.4, 0.5) is 4.79 Å². The largest absolute Gasteiger partial charge is 0.393 e. The van der Waals surface area contributed by atoms with Crippen LogP contribution in [-0.4, -0.2) is 66.8 Å². The predicted molar refractivity (Wildman–Crippen MR) is 77.2 cm³/mol. The van der Waals surface area contributed by atoms with Gasteiger partial charge in [-0.3, -0.25) is 0 Å². The van der Waals surface area contributed by atoms with Crippen LogP contribution < -0.4 is 5.32 Å². The van der Waals surface area contributed by atoms with Crippen molar-refractivity contribution >= 4 is 6.03 Å². The number of aliphatic hydroxyl groups is 1. The van der Waals surface area contributed by atoms with Gasteiger partial charge in [-0.1, -0.05) is 6.92 Å². The maximum Gasteiger partial charge on any atom is 0.317 e. The molecule has 0 saturated carbocycles. The first-order valence-corrected chi connectivity index (χ1v) is 7.38. The Balaban J connectivity index is 2.09. The lowest BCUT2D eigenvalue weighted by Gasteiger charge is -2.30. The topological polar surface area (TPSA) is 55.8 Å². The number of carbonyl (C=O) groups excluding carboxylic acids is 1. The summed E-state index contributed by atoms with van der Waals surface area (Å²) in [7, 11) is 1.76. The van der Waals surface area contributed by atoms with Crippen molar-refractivity contribution in [3.63, 3.8) is 0 Å². The number of piperidine rings is 1. The van der Waals surface area contributed by atoms with E-state index in [1.165, 1.54) is 12.8 Å². The average Bonchev–Trinajstić information content (AvgIpc) is 2.38. The lowest BCUT2D eigenvalue weighted by molar-refractivity contribution is 0.161. The highest BCUT2D eigenvalue weighted by Gasteiger charge is 2.15. The van der Waals surface area contributed by atoms with Gasteiger partial charge in [0.15, 0.2) is 0 Å². The summed E-state index contributed by atoms with van der Waals surface area (Å²) in [6, 6.07) is -0.0500. The maximum atomic E-state index is 11.8. The van der Waals surface area contributed by atoms with Crippen molar-refractivity contribution in [2.45, 2.75) is 39.2 Å². The molecule has 1 atom stereocenters. The van der Waals surface area contributed by atoms with Crippen molar-refractivity contribution in [3.8, 4) is 0 Å².